The summed E-state index contributed by atoms with van der Waals surface area (Å²) in [7, 11) is 1.21. The molecule has 6 heteroatoms. The molecule has 1 heterocycles. The van der Waals surface area contributed by atoms with Gasteiger partial charge >= 0.3 is 5.97 Å². The first-order chi connectivity index (χ1) is 10.0. The van der Waals surface area contributed by atoms with Gasteiger partial charge in [0.2, 0.25) is 5.91 Å². The van der Waals surface area contributed by atoms with E-state index in [0.29, 0.717) is 24.0 Å². The molecule has 2 unspecified atom stereocenters. The molecule has 1 amide bonds. The molecule has 2 N–H and O–H groups in total. The van der Waals surface area contributed by atoms with Crippen LogP contribution in [0, 0.1) is 11.7 Å². The molecule has 2 aliphatic rings. The number of esters is 1. The molecule has 0 radical (unpaired) electrons. The predicted molar refractivity (Wildman–Crippen MR) is 70.9 cm³/mol. The summed E-state index contributed by atoms with van der Waals surface area (Å²) in [5.41, 5.74) is 1.81. The van der Waals surface area contributed by atoms with Gasteiger partial charge in [0.25, 0.3) is 0 Å². The number of carbonyl (C=O) groups is 2. The lowest BCUT2D eigenvalue weighted by molar-refractivity contribution is -0.149. The van der Waals surface area contributed by atoms with Crippen molar-refractivity contribution in [1.82, 2.24) is 5.32 Å². The Morgan fingerprint density at radius 1 is 1.43 bits per heavy atom. The second-order valence-electron chi connectivity index (χ2n) is 5.48. The smallest absolute Gasteiger partial charge is 0.318 e. The summed E-state index contributed by atoms with van der Waals surface area (Å²) in [6.45, 7) is 0.205. The van der Waals surface area contributed by atoms with E-state index in [2.05, 4.69) is 10.1 Å². The Morgan fingerprint density at radius 2 is 2.19 bits per heavy atom. The average molecular weight is 293 g/mol. The zero-order valence-electron chi connectivity index (χ0n) is 11.6. The zero-order chi connectivity index (χ0) is 15.1. The van der Waals surface area contributed by atoms with Crippen LogP contribution in [0.3, 0.4) is 0 Å². The van der Waals surface area contributed by atoms with Crippen LogP contribution in [0.15, 0.2) is 12.1 Å². The first-order valence-electron chi connectivity index (χ1n) is 6.88. The first-order valence-corrected chi connectivity index (χ1v) is 6.88. The fourth-order valence-electron chi connectivity index (χ4n) is 3.22. The highest BCUT2D eigenvalue weighted by Gasteiger charge is 2.43. The van der Waals surface area contributed by atoms with Crippen LogP contribution in [0.1, 0.15) is 35.1 Å². The minimum absolute atomic E-state index is 0.205. The van der Waals surface area contributed by atoms with Crippen LogP contribution in [0.25, 0.3) is 0 Å². The SMILES string of the molecule is COC(=O)C1C(=O)NC[C@H]1c1cc2c(cc1F)C(O)CC2. The molecule has 0 aromatic heterocycles. The van der Waals surface area contributed by atoms with Crippen LogP contribution >= 0.6 is 0 Å². The maximum absolute atomic E-state index is 14.3. The standard InChI is InChI=1S/C15H16FNO4/c1-21-15(20)13-10(6-17-14(13)19)9-4-7-2-3-12(18)8(7)5-11(9)16/h4-5,10,12-13,18H,2-3,6H2,1H3,(H,17,19)/t10-,12?,13?/m0/s1. The molecule has 0 spiro atoms. The summed E-state index contributed by atoms with van der Waals surface area (Å²) in [4.78, 5) is 23.5. The molecule has 3 rings (SSSR count). The van der Waals surface area contributed by atoms with E-state index in [9.17, 15) is 19.1 Å². The minimum Gasteiger partial charge on any atom is -0.468 e. The van der Waals surface area contributed by atoms with Crippen LogP contribution in [-0.4, -0.2) is 30.6 Å². The average Bonchev–Trinajstić information content (AvgIpc) is 3.01. The molecule has 5 nitrogen and oxygen atoms in total. The van der Waals surface area contributed by atoms with E-state index in [1.165, 1.54) is 13.2 Å². The summed E-state index contributed by atoms with van der Waals surface area (Å²) >= 11 is 0. The third-order valence-corrected chi connectivity index (χ3v) is 4.34. The molecule has 0 bridgehead atoms. The summed E-state index contributed by atoms with van der Waals surface area (Å²) in [5, 5.41) is 12.4. The van der Waals surface area contributed by atoms with E-state index in [0.717, 1.165) is 5.56 Å². The highest BCUT2D eigenvalue weighted by atomic mass is 19.1. The number of aliphatic hydroxyl groups is 1. The van der Waals surface area contributed by atoms with Crippen molar-refractivity contribution in [2.24, 2.45) is 5.92 Å². The highest BCUT2D eigenvalue weighted by Crippen LogP contribution is 2.38. The van der Waals surface area contributed by atoms with Crippen molar-refractivity contribution in [2.45, 2.75) is 24.9 Å². The maximum Gasteiger partial charge on any atom is 0.318 e. The maximum atomic E-state index is 14.3. The summed E-state index contributed by atoms with van der Waals surface area (Å²) in [6, 6.07) is 2.99. The number of aliphatic hydroxyl groups excluding tert-OH is 1. The summed E-state index contributed by atoms with van der Waals surface area (Å²) < 4.78 is 19.0. The number of benzene rings is 1. The molecule has 21 heavy (non-hydrogen) atoms. The molecule has 112 valence electrons. The predicted octanol–water partition coefficient (Wildman–Crippen LogP) is 0.808. The topological polar surface area (TPSA) is 75.6 Å². The number of fused-ring (bicyclic) bond motifs is 1. The lowest BCUT2D eigenvalue weighted by Gasteiger charge is -2.17. The molecule has 1 saturated heterocycles. The van der Waals surface area contributed by atoms with Gasteiger partial charge in [-0.05, 0) is 35.6 Å². The normalized spacial score (nSPS) is 27.4. The summed E-state index contributed by atoms with van der Waals surface area (Å²) in [6.07, 6.45) is 0.602. The molecular formula is C15H16FNO4. The quantitative estimate of drug-likeness (QED) is 0.625. The van der Waals surface area contributed by atoms with Gasteiger partial charge in [-0.3, -0.25) is 9.59 Å². The number of amides is 1. The van der Waals surface area contributed by atoms with Crippen molar-refractivity contribution in [3.63, 3.8) is 0 Å². The zero-order valence-corrected chi connectivity index (χ0v) is 11.6. The fraction of sp³-hybridized carbons (Fsp3) is 0.467. The third-order valence-electron chi connectivity index (χ3n) is 4.34. The lowest BCUT2D eigenvalue weighted by atomic mass is 9.86. The lowest BCUT2D eigenvalue weighted by Crippen LogP contribution is -2.28. The van der Waals surface area contributed by atoms with Gasteiger partial charge in [-0.25, -0.2) is 4.39 Å². The monoisotopic (exact) mass is 293 g/mol. The van der Waals surface area contributed by atoms with Crippen LogP contribution in [0.4, 0.5) is 4.39 Å². The number of ether oxygens (including phenoxy) is 1. The number of aryl methyl sites for hydroxylation is 1. The first kappa shape index (κ1) is 14.0. The van der Waals surface area contributed by atoms with E-state index >= 15 is 0 Å². The number of methoxy groups -OCH3 is 1. The highest BCUT2D eigenvalue weighted by molar-refractivity contribution is 6.00. The molecule has 1 aliphatic carbocycles. The molecule has 0 saturated carbocycles. The van der Waals surface area contributed by atoms with Gasteiger partial charge in [0.05, 0.1) is 13.2 Å². The van der Waals surface area contributed by atoms with E-state index in [1.54, 1.807) is 6.07 Å². The number of carbonyl (C=O) groups excluding carboxylic acids is 2. The van der Waals surface area contributed by atoms with E-state index in [-0.39, 0.29) is 6.54 Å². The van der Waals surface area contributed by atoms with Crippen molar-refractivity contribution in [3.8, 4) is 0 Å². The van der Waals surface area contributed by atoms with Crippen LogP contribution in [0.2, 0.25) is 0 Å². The molecular weight excluding hydrogens is 277 g/mol. The summed E-state index contributed by atoms with van der Waals surface area (Å²) in [5.74, 6) is -3.19. The van der Waals surface area contributed by atoms with Crippen LogP contribution in [-0.2, 0) is 20.7 Å². The number of hydrogen-bond donors (Lipinski definition) is 2. The second-order valence-corrected chi connectivity index (χ2v) is 5.48. The van der Waals surface area contributed by atoms with Gasteiger partial charge in [-0.15, -0.1) is 0 Å². The van der Waals surface area contributed by atoms with Crippen LogP contribution < -0.4 is 5.32 Å². The van der Waals surface area contributed by atoms with Gasteiger partial charge in [0.15, 0.2) is 0 Å². The largest absolute Gasteiger partial charge is 0.468 e. The molecule has 1 fully saturated rings. The molecule has 1 aromatic carbocycles. The van der Waals surface area contributed by atoms with Crippen LogP contribution in [0.5, 0.6) is 0 Å². The van der Waals surface area contributed by atoms with Crippen molar-refractivity contribution in [3.05, 3.63) is 34.6 Å². The van der Waals surface area contributed by atoms with Gasteiger partial charge in [-0.1, -0.05) is 6.07 Å². The molecule has 3 atom stereocenters. The van der Waals surface area contributed by atoms with E-state index < -0.39 is 35.6 Å². The Bertz CT molecular complexity index is 616. The number of halogens is 1. The van der Waals surface area contributed by atoms with E-state index in [1.807, 2.05) is 0 Å². The Labute approximate surface area is 121 Å². The Kier molecular flexibility index (Phi) is 3.41. The van der Waals surface area contributed by atoms with Gasteiger partial charge in [0, 0.05) is 12.5 Å². The molecule has 1 aliphatic heterocycles. The number of rotatable bonds is 2. The van der Waals surface area contributed by atoms with Gasteiger partial charge in [-0.2, -0.15) is 0 Å². The van der Waals surface area contributed by atoms with Crippen molar-refractivity contribution in [1.29, 1.82) is 0 Å². The van der Waals surface area contributed by atoms with E-state index in [4.69, 9.17) is 0 Å². The molecule has 1 aromatic rings. The third kappa shape index (κ3) is 2.19. The number of hydrogen-bond acceptors (Lipinski definition) is 4. The number of nitrogens with one attached hydrogen (secondary N) is 1. The minimum atomic E-state index is -1.02. The second kappa shape index (κ2) is 5.11. The van der Waals surface area contributed by atoms with Crippen molar-refractivity contribution in [2.75, 3.05) is 13.7 Å². The van der Waals surface area contributed by atoms with Crippen molar-refractivity contribution < 1.29 is 23.8 Å². The van der Waals surface area contributed by atoms with Gasteiger partial charge < -0.3 is 15.2 Å². The Morgan fingerprint density at radius 3 is 2.90 bits per heavy atom. The Balaban J connectivity index is 2.00. The van der Waals surface area contributed by atoms with Crippen molar-refractivity contribution >= 4 is 11.9 Å². The fourth-order valence-corrected chi connectivity index (χ4v) is 3.22. The Hall–Kier alpha value is -1.95. The van der Waals surface area contributed by atoms with Gasteiger partial charge in [0.1, 0.15) is 11.7 Å².